The molecule has 1 aromatic rings. The molecule has 0 spiro atoms. The van der Waals surface area contributed by atoms with Crippen molar-refractivity contribution < 1.29 is 9.47 Å². The first-order chi connectivity index (χ1) is 16.8. The van der Waals surface area contributed by atoms with Crippen LogP contribution in [0.4, 0.5) is 0 Å². The van der Waals surface area contributed by atoms with Gasteiger partial charge in [-0.25, -0.2) is 0 Å². The van der Waals surface area contributed by atoms with E-state index in [0.29, 0.717) is 13.2 Å². The van der Waals surface area contributed by atoms with Crippen LogP contribution in [0.5, 0.6) is 0 Å². The van der Waals surface area contributed by atoms with Crippen LogP contribution < -0.4 is 0 Å². The minimum Gasteiger partial charge on any atom is -0.375 e. The lowest BCUT2D eigenvalue weighted by molar-refractivity contribution is -0.0298. The van der Waals surface area contributed by atoms with E-state index in [4.69, 9.17) is 9.47 Å². The zero-order valence-corrected chi connectivity index (χ0v) is 23.1. The Morgan fingerprint density at radius 3 is 1.68 bits per heavy atom. The van der Waals surface area contributed by atoms with E-state index in [-0.39, 0.29) is 6.10 Å². The van der Waals surface area contributed by atoms with Crippen molar-refractivity contribution in [1.29, 1.82) is 0 Å². The third-order valence-corrected chi connectivity index (χ3v) is 6.73. The van der Waals surface area contributed by atoms with Crippen LogP contribution in [0.25, 0.3) is 0 Å². The van der Waals surface area contributed by atoms with E-state index in [1.807, 2.05) is 6.07 Å². The Bertz CT molecular complexity index is 521. The summed E-state index contributed by atoms with van der Waals surface area (Å²) in [5.41, 5.74) is 1.22. The largest absolute Gasteiger partial charge is 0.375 e. The lowest BCUT2D eigenvalue weighted by Crippen LogP contribution is -2.35. The second-order valence-corrected chi connectivity index (χ2v) is 10.1. The van der Waals surface area contributed by atoms with Gasteiger partial charge in [-0.3, -0.25) is 0 Å². The summed E-state index contributed by atoms with van der Waals surface area (Å²) in [6.07, 6.45) is 22.9. The summed E-state index contributed by atoms with van der Waals surface area (Å²) >= 11 is 0. The Hall–Kier alpha value is -0.900. The van der Waals surface area contributed by atoms with Crippen molar-refractivity contribution in [2.75, 3.05) is 33.4 Å². The topological polar surface area (TPSA) is 21.7 Å². The van der Waals surface area contributed by atoms with Gasteiger partial charge in [-0.15, -0.1) is 0 Å². The van der Waals surface area contributed by atoms with Gasteiger partial charge < -0.3 is 14.4 Å². The van der Waals surface area contributed by atoms with Crippen LogP contribution in [-0.2, 0) is 16.1 Å². The van der Waals surface area contributed by atoms with Gasteiger partial charge in [0.1, 0.15) is 0 Å². The molecule has 3 nitrogen and oxygen atoms in total. The van der Waals surface area contributed by atoms with Crippen molar-refractivity contribution in [3.05, 3.63) is 35.9 Å². The van der Waals surface area contributed by atoms with E-state index in [2.05, 4.69) is 50.1 Å². The van der Waals surface area contributed by atoms with E-state index >= 15 is 0 Å². The zero-order chi connectivity index (χ0) is 24.5. The molecule has 1 aromatic carbocycles. The van der Waals surface area contributed by atoms with Gasteiger partial charge in [0.2, 0.25) is 0 Å². The lowest BCUT2D eigenvalue weighted by Gasteiger charge is -2.24. The second kappa shape index (κ2) is 23.8. The minimum absolute atomic E-state index is 0.153. The van der Waals surface area contributed by atoms with Crippen molar-refractivity contribution in [1.82, 2.24) is 4.90 Å². The van der Waals surface area contributed by atoms with Crippen molar-refractivity contribution in [3.63, 3.8) is 0 Å². The Morgan fingerprint density at radius 1 is 0.676 bits per heavy atom. The lowest BCUT2D eigenvalue weighted by atomic mass is 10.0. The number of hydrogen-bond donors (Lipinski definition) is 0. The quantitative estimate of drug-likeness (QED) is 0.132. The maximum Gasteiger partial charge on any atom is 0.0934 e. The van der Waals surface area contributed by atoms with Gasteiger partial charge in [0.25, 0.3) is 0 Å². The summed E-state index contributed by atoms with van der Waals surface area (Å²) in [6.45, 7) is 8.53. The number of rotatable bonds is 25. The average Bonchev–Trinajstić information content (AvgIpc) is 2.84. The number of hydrogen-bond acceptors (Lipinski definition) is 3. The first-order valence-corrected chi connectivity index (χ1v) is 14.7. The first-order valence-electron chi connectivity index (χ1n) is 14.7. The van der Waals surface area contributed by atoms with Crippen molar-refractivity contribution in [2.24, 2.45) is 0 Å². The van der Waals surface area contributed by atoms with Crippen LogP contribution in [0.1, 0.15) is 122 Å². The molecule has 0 heterocycles. The van der Waals surface area contributed by atoms with E-state index in [9.17, 15) is 0 Å². The molecule has 0 aromatic heterocycles. The fourth-order valence-corrected chi connectivity index (χ4v) is 4.64. The van der Waals surface area contributed by atoms with Gasteiger partial charge in [-0.2, -0.15) is 0 Å². The molecule has 0 fully saturated rings. The molecule has 34 heavy (non-hydrogen) atoms. The number of likely N-dealkylation sites (N-methyl/N-ethyl adjacent to an activating group) is 1. The van der Waals surface area contributed by atoms with Crippen LogP contribution in [0, 0.1) is 0 Å². The summed E-state index contributed by atoms with van der Waals surface area (Å²) < 4.78 is 11.8. The summed E-state index contributed by atoms with van der Waals surface area (Å²) in [6, 6.07) is 10.4. The smallest absolute Gasteiger partial charge is 0.0934 e. The normalized spacial score (nSPS) is 12.5. The predicted octanol–water partition coefficient (Wildman–Crippen LogP) is 8.80. The van der Waals surface area contributed by atoms with E-state index in [1.165, 1.54) is 108 Å². The van der Waals surface area contributed by atoms with Crippen LogP contribution in [0.3, 0.4) is 0 Å². The minimum atomic E-state index is 0.153. The molecule has 0 radical (unpaired) electrons. The number of benzene rings is 1. The molecule has 0 N–H and O–H groups in total. The summed E-state index contributed by atoms with van der Waals surface area (Å²) in [5.74, 6) is 0. The number of unbranched alkanes of at least 4 members (excludes halogenated alkanes) is 15. The maximum absolute atomic E-state index is 5.92. The molecular weight excluding hydrogens is 418 g/mol. The Labute approximate surface area is 213 Å². The van der Waals surface area contributed by atoms with Gasteiger partial charge in [0, 0.05) is 13.2 Å². The Kier molecular flexibility index (Phi) is 21.8. The molecule has 0 amide bonds. The van der Waals surface area contributed by atoms with Crippen LogP contribution in [0.15, 0.2) is 30.3 Å². The average molecular weight is 476 g/mol. The monoisotopic (exact) mass is 475 g/mol. The highest BCUT2D eigenvalue weighted by molar-refractivity contribution is 5.13. The van der Waals surface area contributed by atoms with E-state index in [0.717, 1.165) is 19.7 Å². The summed E-state index contributed by atoms with van der Waals surface area (Å²) in [4.78, 5) is 2.41. The van der Waals surface area contributed by atoms with E-state index < -0.39 is 0 Å². The molecule has 0 aliphatic rings. The molecule has 0 bridgehead atoms. The molecule has 1 unspecified atom stereocenters. The highest BCUT2D eigenvalue weighted by Gasteiger charge is 2.12. The number of ether oxygens (including phenoxy) is 2. The summed E-state index contributed by atoms with van der Waals surface area (Å²) in [5, 5.41) is 0. The van der Waals surface area contributed by atoms with Gasteiger partial charge in [0.05, 0.1) is 19.3 Å². The highest BCUT2D eigenvalue weighted by atomic mass is 16.5. The third kappa shape index (κ3) is 19.4. The van der Waals surface area contributed by atoms with Crippen LogP contribution >= 0.6 is 0 Å². The maximum atomic E-state index is 5.92. The molecule has 0 saturated carbocycles. The van der Waals surface area contributed by atoms with Gasteiger partial charge in [-0.05, 0) is 32.5 Å². The van der Waals surface area contributed by atoms with Crippen molar-refractivity contribution in [2.45, 2.75) is 129 Å². The molecule has 0 saturated heterocycles. The Morgan fingerprint density at radius 2 is 1.18 bits per heavy atom. The highest BCUT2D eigenvalue weighted by Crippen LogP contribution is 2.14. The molecule has 1 rings (SSSR count). The zero-order valence-electron chi connectivity index (χ0n) is 23.1. The van der Waals surface area contributed by atoms with Gasteiger partial charge in [0.15, 0.2) is 0 Å². The van der Waals surface area contributed by atoms with Gasteiger partial charge in [-0.1, -0.05) is 134 Å². The second-order valence-electron chi connectivity index (χ2n) is 10.1. The molecular formula is C31H57NO2. The Balaban J connectivity index is 1.90. The molecule has 0 aliphatic carbocycles. The first kappa shape index (κ1) is 31.1. The van der Waals surface area contributed by atoms with Gasteiger partial charge >= 0.3 is 0 Å². The molecule has 3 heteroatoms. The van der Waals surface area contributed by atoms with E-state index in [1.54, 1.807) is 0 Å². The molecule has 0 aliphatic heterocycles. The predicted molar refractivity (Wildman–Crippen MR) is 149 cm³/mol. The van der Waals surface area contributed by atoms with Crippen molar-refractivity contribution >= 4 is 0 Å². The fraction of sp³-hybridized carbons (Fsp3) is 0.806. The van der Waals surface area contributed by atoms with Crippen molar-refractivity contribution in [3.8, 4) is 0 Å². The number of nitrogens with zero attached hydrogens (tertiary/aromatic N) is 1. The van der Waals surface area contributed by atoms with Crippen LogP contribution in [-0.4, -0.2) is 44.4 Å². The standard InChI is InChI=1S/C31H57NO2/c1-4-6-7-8-9-10-11-12-13-14-15-16-17-18-19-23-26-32(3)27-31(34-5-2)29-33-28-30-24-21-20-22-25-30/h20-22,24-25,31H,4-19,23,26-29H2,1-3H3. The molecule has 198 valence electrons. The summed E-state index contributed by atoms with van der Waals surface area (Å²) in [7, 11) is 2.22. The SMILES string of the molecule is CCCCCCCCCCCCCCCCCCN(C)CC(COCc1ccccc1)OCC. The molecule has 1 atom stereocenters. The van der Waals surface area contributed by atoms with Crippen LogP contribution in [0.2, 0.25) is 0 Å². The third-order valence-electron chi connectivity index (χ3n) is 6.73. The fourth-order valence-electron chi connectivity index (χ4n) is 4.64.